The lowest BCUT2D eigenvalue weighted by Gasteiger charge is -2.24. The predicted octanol–water partition coefficient (Wildman–Crippen LogP) is 3.18. The molecule has 0 aliphatic heterocycles. The van der Waals surface area contributed by atoms with E-state index in [-0.39, 0.29) is 19.1 Å². The zero-order valence-electron chi connectivity index (χ0n) is 18.0. The molecule has 0 saturated heterocycles. The molecular weight excluding hydrogens is 384 g/mol. The molecule has 0 spiro atoms. The first-order valence-corrected chi connectivity index (χ1v) is 10.2. The van der Waals surface area contributed by atoms with Crippen LogP contribution in [0.2, 0.25) is 0 Å². The van der Waals surface area contributed by atoms with Crippen LogP contribution in [0.3, 0.4) is 0 Å². The molecule has 0 aliphatic rings. The third-order valence-electron chi connectivity index (χ3n) is 4.33. The van der Waals surface area contributed by atoms with Crippen molar-refractivity contribution in [1.29, 1.82) is 0 Å². The number of para-hydroxylation sites is 2. The number of nitrogens with one attached hydrogen (secondary N) is 1. The number of carbonyl (C=O) groups excluding carboxylic acids is 1. The van der Waals surface area contributed by atoms with Gasteiger partial charge in [0.15, 0.2) is 0 Å². The van der Waals surface area contributed by atoms with E-state index in [9.17, 15) is 9.90 Å². The van der Waals surface area contributed by atoms with E-state index in [1.165, 1.54) is 0 Å². The Balaban J connectivity index is 1.83. The predicted molar refractivity (Wildman–Crippen MR) is 117 cm³/mol. The molecule has 2 aromatic rings. The first-order chi connectivity index (χ1) is 14.5. The Morgan fingerprint density at radius 1 is 1.07 bits per heavy atom. The van der Waals surface area contributed by atoms with Crippen LogP contribution in [0.15, 0.2) is 48.5 Å². The van der Waals surface area contributed by atoms with Gasteiger partial charge >= 0.3 is 0 Å². The number of carbonyl (C=O) groups is 1. The molecule has 0 radical (unpaired) electrons. The Hall–Kier alpha value is -2.77. The first-order valence-electron chi connectivity index (χ1n) is 10.2. The Kier molecular flexibility index (Phi) is 9.97. The lowest BCUT2D eigenvalue weighted by atomic mass is 10.2. The molecule has 7 nitrogen and oxygen atoms in total. The quantitative estimate of drug-likeness (QED) is 0.522. The molecule has 0 heterocycles. The number of benzene rings is 2. The van der Waals surface area contributed by atoms with Crippen LogP contribution in [-0.4, -0.2) is 62.0 Å². The van der Waals surface area contributed by atoms with E-state index in [1.54, 1.807) is 19.2 Å². The minimum absolute atomic E-state index is 0.141. The van der Waals surface area contributed by atoms with E-state index in [1.807, 2.05) is 55.1 Å². The maximum Gasteiger partial charge on any atom is 0.238 e. The van der Waals surface area contributed by atoms with Gasteiger partial charge in [0.1, 0.15) is 30.0 Å². The van der Waals surface area contributed by atoms with E-state index in [0.29, 0.717) is 36.9 Å². The number of aliphatic hydroxyl groups is 1. The highest BCUT2D eigenvalue weighted by molar-refractivity contribution is 5.93. The molecule has 1 unspecified atom stereocenters. The van der Waals surface area contributed by atoms with Crippen LogP contribution in [0.4, 0.5) is 5.69 Å². The van der Waals surface area contributed by atoms with Crippen LogP contribution in [0, 0.1) is 0 Å². The zero-order valence-corrected chi connectivity index (χ0v) is 18.0. The smallest absolute Gasteiger partial charge is 0.238 e. The zero-order chi connectivity index (χ0) is 21.8. The average molecular weight is 417 g/mol. The summed E-state index contributed by atoms with van der Waals surface area (Å²) in [7, 11) is 1.56. The normalized spacial score (nSPS) is 11.8. The van der Waals surface area contributed by atoms with Gasteiger partial charge in [0, 0.05) is 6.54 Å². The molecule has 2 rings (SSSR count). The fourth-order valence-electron chi connectivity index (χ4n) is 3.03. The van der Waals surface area contributed by atoms with Crippen LogP contribution >= 0.6 is 0 Å². The van der Waals surface area contributed by atoms with Gasteiger partial charge in [0.25, 0.3) is 0 Å². The molecule has 0 saturated carbocycles. The van der Waals surface area contributed by atoms with Gasteiger partial charge in [0.2, 0.25) is 5.91 Å². The highest BCUT2D eigenvalue weighted by Crippen LogP contribution is 2.23. The lowest BCUT2D eigenvalue weighted by Crippen LogP contribution is -2.40. The third-order valence-corrected chi connectivity index (χ3v) is 4.33. The number of hydrogen-bond acceptors (Lipinski definition) is 6. The number of nitrogens with zero attached hydrogens (tertiary/aromatic N) is 1. The molecule has 2 aromatic carbocycles. The number of amides is 1. The van der Waals surface area contributed by atoms with Crippen LogP contribution < -0.4 is 19.5 Å². The molecule has 1 amide bonds. The van der Waals surface area contributed by atoms with E-state index >= 15 is 0 Å². The summed E-state index contributed by atoms with van der Waals surface area (Å²) in [6, 6.07) is 14.5. The van der Waals surface area contributed by atoms with Gasteiger partial charge in [-0.1, -0.05) is 19.1 Å². The van der Waals surface area contributed by atoms with Crippen LogP contribution in [0.1, 0.15) is 20.3 Å². The summed E-state index contributed by atoms with van der Waals surface area (Å²) >= 11 is 0. The first kappa shape index (κ1) is 23.5. The summed E-state index contributed by atoms with van der Waals surface area (Å²) < 4.78 is 16.3. The number of aliphatic hydroxyl groups excluding tert-OH is 1. The van der Waals surface area contributed by atoms with Gasteiger partial charge in [-0.2, -0.15) is 0 Å². The number of anilines is 1. The van der Waals surface area contributed by atoms with Crippen molar-refractivity contribution in [2.24, 2.45) is 0 Å². The molecular formula is C23H32N2O5. The van der Waals surface area contributed by atoms with Crippen molar-refractivity contribution in [3.8, 4) is 17.2 Å². The molecule has 2 N–H and O–H groups in total. The SMILES string of the molecule is CCCN(CC(=O)Nc1ccccc1OC)CC(O)COc1ccc(OCC)cc1. The van der Waals surface area contributed by atoms with Crippen LogP contribution in [0.5, 0.6) is 17.2 Å². The maximum atomic E-state index is 12.5. The third kappa shape index (κ3) is 7.93. The molecule has 7 heteroatoms. The number of hydrogen-bond donors (Lipinski definition) is 2. The molecule has 0 fully saturated rings. The minimum atomic E-state index is -0.720. The van der Waals surface area contributed by atoms with Crippen molar-refractivity contribution in [2.45, 2.75) is 26.4 Å². The van der Waals surface area contributed by atoms with Gasteiger partial charge in [-0.05, 0) is 56.3 Å². The van der Waals surface area contributed by atoms with Crippen LogP contribution in [-0.2, 0) is 4.79 Å². The molecule has 1 atom stereocenters. The monoisotopic (exact) mass is 416 g/mol. The largest absolute Gasteiger partial charge is 0.495 e. The van der Waals surface area contributed by atoms with Crippen molar-refractivity contribution >= 4 is 11.6 Å². The molecule has 0 aliphatic carbocycles. The van der Waals surface area contributed by atoms with Gasteiger partial charge in [-0.25, -0.2) is 0 Å². The van der Waals surface area contributed by atoms with Crippen LogP contribution in [0.25, 0.3) is 0 Å². The molecule has 0 bridgehead atoms. The van der Waals surface area contributed by atoms with Crippen molar-refractivity contribution in [2.75, 3.05) is 45.3 Å². The summed E-state index contributed by atoms with van der Waals surface area (Å²) in [6.45, 7) is 5.92. The fourth-order valence-corrected chi connectivity index (χ4v) is 3.03. The van der Waals surface area contributed by atoms with E-state index in [4.69, 9.17) is 14.2 Å². The number of ether oxygens (including phenoxy) is 3. The van der Waals surface area contributed by atoms with E-state index in [2.05, 4.69) is 5.32 Å². The maximum absolute atomic E-state index is 12.5. The average Bonchev–Trinajstić information content (AvgIpc) is 2.74. The molecule has 0 aromatic heterocycles. The van der Waals surface area contributed by atoms with E-state index in [0.717, 1.165) is 12.2 Å². The summed E-state index contributed by atoms with van der Waals surface area (Å²) in [5.74, 6) is 1.89. The van der Waals surface area contributed by atoms with Gasteiger partial charge < -0.3 is 24.6 Å². The van der Waals surface area contributed by atoms with Crippen molar-refractivity contribution < 1.29 is 24.1 Å². The second-order valence-electron chi connectivity index (χ2n) is 6.85. The lowest BCUT2D eigenvalue weighted by molar-refractivity contribution is -0.117. The summed E-state index contributed by atoms with van der Waals surface area (Å²) in [5.41, 5.74) is 0.626. The Morgan fingerprint density at radius 2 is 1.73 bits per heavy atom. The second kappa shape index (κ2) is 12.7. The number of methoxy groups -OCH3 is 1. The van der Waals surface area contributed by atoms with Gasteiger partial charge in [-0.3, -0.25) is 9.69 Å². The minimum Gasteiger partial charge on any atom is -0.495 e. The standard InChI is InChI=1S/C23H32N2O5/c1-4-14-25(16-23(27)24-21-8-6-7-9-22(21)28-3)15-18(26)17-30-20-12-10-19(11-13-20)29-5-2/h6-13,18,26H,4-5,14-17H2,1-3H3,(H,24,27). The van der Waals surface area contributed by atoms with Gasteiger partial charge in [0.05, 0.1) is 25.9 Å². The summed E-state index contributed by atoms with van der Waals surface area (Å²) in [5, 5.41) is 13.3. The molecule has 164 valence electrons. The van der Waals surface area contributed by atoms with E-state index < -0.39 is 6.10 Å². The Morgan fingerprint density at radius 3 is 2.37 bits per heavy atom. The topological polar surface area (TPSA) is 80.3 Å². The Bertz CT molecular complexity index is 766. The fraction of sp³-hybridized carbons (Fsp3) is 0.435. The van der Waals surface area contributed by atoms with Crippen molar-refractivity contribution in [1.82, 2.24) is 4.90 Å². The van der Waals surface area contributed by atoms with Crippen molar-refractivity contribution in [3.05, 3.63) is 48.5 Å². The summed E-state index contributed by atoms with van der Waals surface area (Å²) in [4.78, 5) is 14.4. The highest BCUT2D eigenvalue weighted by atomic mass is 16.5. The van der Waals surface area contributed by atoms with Gasteiger partial charge in [-0.15, -0.1) is 0 Å². The summed E-state index contributed by atoms with van der Waals surface area (Å²) in [6.07, 6.45) is 0.149. The Labute approximate surface area is 178 Å². The second-order valence-corrected chi connectivity index (χ2v) is 6.85. The highest BCUT2D eigenvalue weighted by Gasteiger charge is 2.16. The van der Waals surface area contributed by atoms with Crippen molar-refractivity contribution in [3.63, 3.8) is 0 Å². The number of rotatable bonds is 13. The molecule has 30 heavy (non-hydrogen) atoms.